The maximum absolute atomic E-state index is 12.8. The van der Waals surface area contributed by atoms with Crippen LogP contribution in [0.15, 0.2) is 47.4 Å². The fourth-order valence-corrected chi connectivity index (χ4v) is 4.42. The Morgan fingerprint density at radius 3 is 2.45 bits per heavy atom. The molecule has 10 heteroatoms. The van der Waals surface area contributed by atoms with E-state index in [-0.39, 0.29) is 35.0 Å². The number of aryl methyl sites for hydroxylation is 1. The number of hydrogen-bond donors (Lipinski definition) is 3. The highest BCUT2D eigenvalue weighted by Gasteiger charge is 2.23. The summed E-state index contributed by atoms with van der Waals surface area (Å²) >= 11 is 0. The highest BCUT2D eigenvalue weighted by atomic mass is 32.2. The molecule has 0 aliphatic carbocycles. The molecule has 2 aromatic carbocycles. The number of aliphatic carboxylic acids is 1. The van der Waals surface area contributed by atoms with Gasteiger partial charge in [0.1, 0.15) is 0 Å². The van der Waals surface area contributed by atoms with Gasteiger partial charge in [-0.05, 0) is 54.8 Å². The van der Waals surface area contributed by atoms with Crippen molar-refractivity contribution in [2.75, 3.05) is 22.7 Å². The molecule has 9 nitrogen and oxygen atoms in total. The molecule has 1 aliphatic heterocycles. The number of carbonyl (C=O) groups excluding carboxylic acids is 2. The van der Waals surface area contributed by atoms with Crippen molar-refractivity contribution in [1.82, 2.24) is 5.32 Å². The third-order valence-corrected chi connectivity index (χ3v) is 6.27. The molecule has 0 fully saturated rings. The lowest BCUT2D eigenvalue weighted by Gasteiger charge is -2.29. The number of carboxylic acids is 1. The SMILES string of the molecule is CC(=O)N1CCCc2ccc(S(=O)(=O)Nc3ccc(C(=O)NCCC(=O)O)cc3)cc21. The monoisotopic (exact) mass is 445 g/mol. The molecule has 0 aromatic heterocycles. The lowest BCUT2D eigenvalue weighted by Crippen LogP contribution is -2.33. The van der Waals surface area contributed by atoms with Gasteiger partial charge in [0.25, 0.3) is 15.9 Å². The van der Waals surface area contributed by atoms with Crippen LogP contribution >= 0.6 is 0 Å². The lowest BCUT2D eigenvalue weighted by atomic mass is 10.0. The second-order valence-electron chi connectivity index (χ2n) is 7.15. The van der Waals surface area contributed by atoms with Gasteiger partial charge < -0.3 is 15.3 Å². The molecule has 0 unspecified atom stereocenters. The summed E-state index contributed by atoms with van der Waals surface area (Å²) in [4.78, 5) is 36.0. The van der Waals surface area contributed by atoms with Crippen LogP contribution in [0.25, 0.3) is 0 Å². The highest BCUT2D eigenvalue weighted by molar-refractivity contribution is 7.92. The first-order valence-corrected chi connectivity index (χ1v) is 11.2. The number of sulfonamides is 1. The Morgan fingerprint density at radius 1 is 1.10 bits per heavy atom. The molecule has 1 aliphatic rings. The first-order chi connectivity index (χ1) is 14.7. The Labute approximate surface area is 180 Å². The highest BCUT2D eigenvalue weighted by Crippen LogP contribution is 2.30. The van der Waals surface area contributed by atoms with Gasteiger partial charge in [-0.3, -0.25) is 19.1 Å². The average molecular weight is 445 g/mol. The van der Waals surface area contributed by atoms with Crippen LogP contribution < -0.4 is 14.9 Å². The van der Waals surface area contributed by atoms with Gasteiger partial charge in [-0.25, -0.2) is 8.42 Å². The van der Waals surface area contributed by atoms with Gasteiger partial charge in [-0.2, -0.15) is 0 Å². The molecule has 3 rings (SSSR count). The molecule has 3 N–H and O–H groups in total. The van der Waals surface area contributed by atoms with Crippen molar-refractivity contribution in [3.8, 4) is 0 Å². The number of rotatable bonds is 7. The summed E-state index contributed by atoms with van der Waals surface area (Å²) in [5, 5.41) is 11.1. The number of amides is 2. The number of nitrogens with one attached hydrogen (secondary N) is 2. The van der Waals surface area contributed by atoms with Crippen LogP contribution in [0.5, 0.6) is 0 Å². The molecule has 2 amide bonds. The van der Waals surface area contributed by atoms with E-state index in [9.17, 15) is 22.8 Å². The summed E-state index contributed by atoms with van der Waals surface area (Å²) in [5.41, 5.74) is 2.08. The molecular formula is C21H23N3O6S. The standard InChI is InChI=1S/C21H23N3O6S/c1-14(25)24-12-2-3-15-6-9-18(13-19(15)24)31(29,30)23-17-7-4-16(5-8-17)21(28)22-11-10-20(26)27/h4-9,13,23H,2-3,10-12H2,1H3,(H,22,28)(H,26,27). The van der Waals surface area contributed by atoms with Crippen LogP contribution in [0, 0.1) is 0 Å². The van der Waals surface area contributed by atoms with E-state index in [1.807, 2.05) is 0 Å². The van der Waals surface area contributed by atoms with E-state index < -0.39 is 21.9 Å². The van der Waals surface area contributed by atoms with Crippen molar-refractivity contribution < 1.29 is 27.9 Å². The second-order valence-corrected chi connectivity index (χ2v) is 8.83. The van der Waals surface area contributed by atoms with Crippen molar-refractivity contribution in [3.63, 3.8) is 0 Å². The number of fused-ring (bicyclic) bond motifs is 1. The number of benzene rings is 2. The number of carbonyl (C=O) groups is 3. The Balaban J connectivity index is 1.74. The first-order valence-electron chi connectivity index (χ1n) is 9.71. The third kappa shape index (κ3) is 5.40. The topological polar surface area (TPSA) is 133 Å². The van der Waals surface area contributed by atoms with Crippen molar-refractivity contribution in [2.45, 2.75) is 31.1 Å². The minimum absolute atomic E-state index is 0.00183. The van der Waals surface area contributed by atoms with Gasteiger partial charge >= 0.3 is 5.97 Å². The minimum atomic E-state index is -3.91. The second kappa shape index (κ2) is 9.17. The molecule has 0 bridgehead atoms. The number of hydrogen-bond acceptors (Lipinski definition) is 5. The van der Waals surface area contributed by atoms with Crippen molar-refractivity contribution in [3.05, 3.63) is 53.6 Å². The average Bonchev–Trinajstić information content (AvgIpc) is 2.72. The van der Waals surface area contributed by atoms with Crippen molar-refractivity contribution in [1.29, 1.82) is 0 Å². The predicted molar refractivity (Wildman–Crippen MR) is 115 cm³/mol. The molecule has 0 saturated carbocycles. The largest absolute Gasteiger partial charge is 0.481 e. The molecule has 0 spiro atoms. The summed E-state index contributed by atoms with van der Waals surface area (Å²) in [6, 6.07) is 10.5. The fourth-order valence-electron chi connectivity index (χ4n) is 3.34. The number of carboxylic acid groups (broad SMARTS) is 1. The van der Waals surface area contributed by atoms with E-state index in [1.165, 1.54) is 43.3 Å². The van der Waals surface area contributed by atoms with Crippen LogP contribution in [0.2, 0.25) is 0 Å². The summed E-state index contributed by atoms with van der Waals surface area (Å²) in [6.07, 6.45) is 1.42. The fraction of sp³-hybridized carbons (Fsp3) is 0.286. The summed E-state index contributed by atoms with van der Waals surface area (Å²) in [7, 11) is -3.91. The van der Waals surface area contributed by atoms with Gasteiger partial charge in [-0.1, -0.05) is 6.07 Å². The quantitative estimate of drug-likeness (QED) is 0.597. The summed E-state index contributed by atoms with van der Waals surface area (Å²) in [5.74, 6) is -1.60. The van der Waals surface area contributed by atoms with E-state index in [1.54, 1.807) is 11.0 Å². The Bertz CT molecular complexity index is 1110. The van der Waals surface area contributed by atoms with Gasteiger partial charge in [-0.15, -0.1) is 0 Å². The third-order valence-electron chi connectivity index (χ3n) is 4.89. The molecule has 31 heavy (non-hydrogen) atoms. The molecule has 0 saturated heterocycles. The molecule has 164 valence electrons. The summed E-state index contributed by atoms with van der Waals surface area (Å²) in [6.45, 7) is 2.00. The van der Waals surface area contributed by atoms with E-state index in [0.717, 1.165) is 18.4 Å². The van der Waals surface area contributed by atoms with Gasteiger partial charge in [0, 0.05) is 37.0 Å². The predicted octanol–water partition coefficient (Wildman–Crippen LogP) is 1.99. The Hall–Kier alpha value is -3.40. The van der Waals surface area contributed by atoms with Crippen LogP contribution in [-0.2, 0) is 26.0 Å². The zero-order valence-corrected chi connectivity index (χ0v) is 17.7. The molecule has 0 atom stereocenters. The van der Waals surface area contributed by atoms with E-state index in [4.69, 9.17) is 5.11 Å². The molecule has 1 heterocycles. The number of anilines is 2. The maximum atomic E-state index is 12.8. The van der Waals surface area contributed by atoms with Gasteiger partial charge in [0.15, 0.2) is 0 Å². The minimum Gasteiger partial charge on any atom is -0.481 e. The van der Waals surface area contributed by atoms with Gasteiger partial charge in [0.05, 0.1) is 11.3 Å². The van der Waals surface area contributed by atoms with Crippen LogP contribution in [0.1, 0.15) is 35.7 Å². The van der Waals surface area contributed by atoms with Crippen molar-refractivity contribution >= 4 is 39.2 Å². The normalized spacial score (nSPS) is 13.3. The summed E-state index contributed by atoms with van der Waals surface area (Å²) < 4.78 is 28.1. The van der Waals surface area contributed by atoms with Crippen LogP contribution in [-0.4, -0.2) is 44.4 Å². The van der Waals surface area contributed by atoms with Crippen LogP contribution in [0.4, 0.5) is 11.4 Å². The zero-order chi connectivity index (χ0) is 22.6. The molecule has 2 aromatic rings. The molecular weight excluding hydrogens is 422 g/mol. The lowest BCUT2D eigenvalue weighted by molar-refractivity contribution is -0.136. The Kier molecular flexibility index (Phi) is 6.59. The maximum Gasteiger partial charge on any atom is 0.305 e. The smallest absolute Gasteiger partial charge is 0.305 e. The Morgan fingerprint density at radius 2 is 1.81 bits per heavy atom. The van der Waals surface area contributed by atoms with E-state index in [2.05, 4.69) is 10.0 Å². The van der Waals surface area contributed by atoms with Crippen LogP contribution in [0.3, 0.4) is 0 Å². The van der Waals surface area contributed by atoms with E-state index >= 15 is 0 Å². The van der Waals surface area contributed by atoms with E-state index in [0.29, 0.717) is 12.2 Å². The zero-order valence-electron chi connectivity index (χ0n) is 16.9. The van der Waals surface area contributed by atoms with Crippen molar-refractivity contribution in [2.24, 2.45) is 0 Å². The van der Waals surface area contributed by atoms with Gasteiger partial charge in [0.2, 0.25) is 5.91 Å². The molecule has 0 radical (unpaired) electrons. The first kappa shape index (κ1) is 22.3. The number of nitrogens with zero attached hydrogens (tertiary/aromatic N) is 1.